The van der Waals surface area contributed by atoms with Crippen molar-refractivity contribution in [1.29, 1.82) is 5.26 Å². The molecule has 0 amide bonds. The molecule has 0 bridgehead atoms. The summed E-state index contributed by atoms with van der Waals surface area (Å²) in [6.07, 6.45) is 0. The van der Waals surface area contributed by atoms with Crippen molar-refractivity contribution in [2.24, 2.45) is 5.73 Å². The first-order chi connectivity index (χ1) is 20.3. The maximum absolute atomic E-state index is 13.0. The van der Waals surface area contributed by atoms with Crippen molar-refractivity contribution in [2.45, 2.75) is 19.4 Å². The third-order valence-electron chi connectivity index (χ3n) is 7.02. The minimum absolute atomic E-state index is 0.0137. The number of rotatable bonds is 6. The van der Waals surface area contributed by atoms with Crippen molar-refractivity contribution >= 4 is 44.5 Å². The zero-order chi connectivity index (χ0) is 29.4. The van der Waals surface area contributed by atoms with E-state index < -0.39 is 11.9 Å². The van der Waals surface area contributed by atoms with Gasteiger partial charge in [-0.1, -0.05) is 57.9 Å². The van der Waals surface area contributed by atoms with Crippen LogP contribution in [0.5, 0.6) is 17.2 Å². The number of carbonyl (C=O) groups is 1. The zero-order valence-electron chi connectivity index (χ0n) is 22.2. The lowest BCUT2D eigenvalue weighted by Crippen LogP contribution is -2.21. The van der Waals surface area contributed by atoms with Gasteiger partial charge in [-0.15, -0.1) is 0 Å². The van der Waals surface area contributed by atoms with E-state index in [-0.39, 0.29) is 23.0 Å². The Bertz CT molecular complexity index is 1910. The van der Waals surface area contributed by atoms with Gasteiger partial charge < -0.3 is 24.4 Å². The van der Waals surface area contributed by atoms with Crippen LogP contribution < -0.4 is 19.9 Å². The van der Waals surface area contributed by atoms with Gasteiger partial charge in [0.1, 0.15) is 41.1 Å². The van der Waals surface area contributed by atoms with Crippen LogP contribution in [-0.2, 0) is 6.61 Å². The average molecular weight is 642 g/mol. The minimum atomic E-state index is -0.637. The second kappa shape index (κ2) is 11.3. The van der Waals surface area contributed by atoms with Crippen LogP contribution >= 0.6 is 27.5 Å². The Morgan fingerprint density at radius 3 is 2.50 bits per heavy atom. The number of hydrogen-bond acceptors (Lipinski definition) is 7. The number of aryl methyl sites for hydroxylation is 1. The van der Waals surface area contributed by atoms with Crippen LogP contribution in [0.25, 0.3) is 11.0 Å². The highest BCUT2D eigenvalue weighted by Crippen LogP contribution is 2.44. The molecule has 2 N–H and O–H groups in total. The lowest BCUT2D eigenvalue weighted by molar-refractivity contribution is 0.0702. The van der Waals surface area contributed by atoms with Gasteiger partial charge in [0.2, 0.25) is 11.6 Å². The zero-order valence-corrected chi connectivity index (χ0v) is 24.5. The Hall–Kier alpha value is -4.71. The molecule has 0 fully saturated rings. The number of benzene rings is 4. The number of esters is 1. The summed E-state index contributed by atoms with van der Waals surface area (Å²) in [4.78, 5) is 13.0. The smallest absolute Gasteiger partial charge is 0.379 e. The monoisotopic (exact) mass is 640 g/mol. The van der Waals surface area contributed by atoms with Crippen LogP contribution in [0.2, 0.25) is 5.02 Å². The second-order valence-corrected chi connectivity index (χ2v) is 11.0. The molecule has 0 spiro atoms. The van der Waals surface area contributed by atoms with Gasteiger partial charge in [0, 0.05) is 32.1 Å². The number of ether oxygens (including phenoxy) is 3. The number of carbonyl (C=O) groups excluding carboxylic acids is 1. The standard InChI is InChI=1S/C33H22BrClN2O5/c1-18-25-12-6-21(34)14-28(25)41-31(18)33(38)40-24-11-13-26-29(15-24)42-32(37)27(16-36)30(26)20-4-9-23(10-5-20)39-17-19-2-7-22(35)8-3-19/h2-15,30H,17,37H2,1H3. The van der Waals surface area contributed by atoms with E-state index in [1.54, 1.807) is 31.2 Å². The molecule has 208 valence electrons. The Labute approximate surface area is 254 Å². The second-order valence-electron chi connectivity index (χ2n) is 9.69. The Balaban J connectivity index is 1.24. The van der Waals surface area contributed by atoms with Gasteiger partial charge in [0.05, 0.1) is 5.92 Å². The largest absolute Gasteiger partial charge is 0.489 e. The predicted octanol–water partition coefficient (Wildman–Crippen LogP) is 8.17. The quantitative estimate of drug-likeness (QED) is 0.147. The summed E-state index contributed by atoms with van der Waals surface area (Å²) in [5, 5.41) is 11.4. The van der Waals surface area contributed by atoms with E-state index in [9.17, 15) is 10.1 Å². The highest BCUT2D eigenvalue weighted by Gasteiger charge is 2.31. The molecule has 1 aliphatic heterocycles. The number of allylic oxidation sites excluding steroid dienone is 1. The summed E-state index contributed by atoms with van der Waals surface area (Å²) < 4.78 is 24.0. The van der Waals surface area contributed by atoms with Gasteiger partial charge in [-0.3, -0.25) is 0 Å². The summed E-state index contributed by atoms with van der Waals surface area (Å²) >= 11 is 9.37. The molecule has 1 unspecified atom stereocenters. The molecular formula is C33H22BrClN2O5. The summed E-state index contributed by atoms with van der Waals surface area (Å²) in [7, 11) is 0. The van der Waals surface area contributed by atoms with Crippen molar-refractivity contribution in [1.82, 2.24) is 0 Å². The van der Waals surface area contributed by atoms with Gasteiger partial charge in [0.25, 0.3) is 0 Å². The number of nitrogens with zero attached hydrogens (tertiary/aromatic N) is 1. The fraction of sp³-hybridized carbons (Fsp3) is 0.0909. The van der Waals surface area contributed by atoms with E-state index >= 15 is 0 Å². The number of halogens is 2. The summed E-state index contributed by atoms with van der Waals surface area (Å²) in [6, 6.07) is 27.7. The number of hydrogen-bond donors (Lipinski definition) is 1. The van der Waals surface area contributed by atoms with Crippen molar-refractivity contribution < 1.29 is 23.4 Å². The first-order valence-corrected chi connectivity index (χ1v) is 14.1. The summed E-state index contributed by atoms with van der Waals surface area (Å²) in [6.45, 7) is 2.19. The lowest BCUT2D eigenvalue weighted by atomic mass is 9.83. The molecule has 1 aromatic heterocycles. The highest BCUT2D eigenvalue weighted by molar-refractivity contribution is 9.10. The van der Waals surface area contributed by atoms with E-state index in [4.69, 9.17) is 36.0 Å². The third kappa shape index (κ3) is 5.32. The molecule has 2 heterocycles. The van der Waals surface area contributed by atoms with Crippen LogP contribution in [0, 0.1) is 18.3 Å². The van der Waals surface area contributed by atoms with Crippen LogP contribution in [0.15, 0.2) is 105 Å². The van der Waals surface area contributed by atoms with Gasteiger partial charge in [0.15, 0.2) is 0 Å². The SMILES string of the molecule is Cc1c(C(=O)Oc2ccc3c(c2)OC(N)=C(C#N)C3c2ccc(OCc3ccc(Cl)cc3)cc2)oc2cc(Br)ccc12. The van der Waals surface area contributed by atoms with Crippen molar-refractivity contribution in [3.05, 3.63) is 134 Å². The molecule has 5 aromatic rings. The Morgan fingerprint density at radius 1 is 1.02 bits per heavy atom. The third-order valence-corrected chi connectivity index (χ3v) is 7.76. The predicted molar refractivity (Wildman–Crippen MR) is 162 cm³/mol. The number of nitrogens with two attached hydrogens (primary N) is 1. The average Bonchev–Trinajstić information content (AvgIpc) is 3.31. The summed E-state index contributed by atoms with van der Waals surface area (Å²) in [5.41, 5.74) is 10.2. The van der Waals surface area contributed by atoms with Crippen molar-refractivity contribution in [3.8, 4) is 23.3 Å². The highest BCUT2D eigenvalue weighted by atomic mass is 79.9. The van der Waals surface area contributed by atoms with E-state index in [0.29, 0.717) is 39.8 Å². The normalized spacial score (nSPS) is 14.2. The van der Waals surface area contributed by atoms with E-state index in [1.807, 2.05) is 60.7 Å². The number of furan rings is 1. The Kier molecular flexibility index (Phi) is 7.38. The maximum atomic E-state index is 13.0. The minimum Gasteiger partial charge on any atom is -0.489 e. The molecule has 6 rings (SSSR count). The van der Waals surface area contributed by atoms with Crippen LogP contribution in [0.1, 0.15) is 38.7 Å². The molecule has 0 aliphatic carbocycles. The van der Waals surface area contributed by atoms with Gasteiger partial charge in [-0.2, -0.15) is 5.26 Å². The van der Waals surface area contributed by atoms with E-state index in [0.717, 1.165) is 21.0 Å². The topological polar surface area (TPSA) is 108 Å². The van der Waals surface area contributed by atoms with Gasteiger partial charge in [-0.05, 0) is 66.6 Å². The fourth-order valence-electron chi connectivity index (χ4n) is 4.89. The molecular weight excluding hydrogens is 620 g/mol. The molecule has 1 aliphatic rings. The van der Waals surface area contributed by atoms with Crippen LogP contribution in [0.3, 0.4) is 0 Å². The molecule has 1 atom stereocenters. The van der Waals surface area contributed by atoms with Crippen molar-refractivity contribution in [2.75, 3.05) is 0 Å². The number of fused-ring (bicyclic) bond motifs is 2. The summed E-state index contributed by atoms with van der Waals surface area (Å²) in [5.74, 6) is 0.289. The Morgan fingerprint density at radius 2 is 1.76 bits per heavy atom. The molecule has 9 heteroatoms. The molecule has 0 saturated heterocycles. The van der Waals surface area contributed by atoms with E-state index in [2.05, 4.69) is 22.0 Å². The molecule has 42 heavy (non-hydrogen) atoms. The van der Waals surface area contributed by atoms with Crippen molar-refractivity contribution in [3.63, 3.8) is 0 Å². The fourth-order valence-corrected chi connectivity index (χ4v) is 5.36. The molecule has 0 saturated carbocycles. The first kappa shape index (κ1) is 27.5. The molecule has 0 radical (unpaired) electrons. The van der Waals surface area contributed by atoms with Crippen LogP contribution in [-0.4, -0.2) is 5.97 Å². The number of nitriles is 1. The lowest BCUT2D eigenvalue weighted by Gasteiger charge is -2.26. The maximum Gasteiger partial charge on any atom is 0.379 e. The van der Waals surface area contributed by atoms with E-state index in [1.165, 1.54) is 0 Å². The first-order valence-electron chi connectivity index (χ1n) is 12.9. The van der Waals surface area contributed by atoms with Crippen LogP contribution in [0.4, 0.5) is 0 Å². The van der Waals surface area contributed by atoms with Gasteiger partial charge >= 0.3 is 5.97 Å². The molecule has 4 aromatic carbocycles. The van der Waals surface area contributed by atoms with Gasteiger partial charge in [-0.25, -0.2) is 4.79 Å². The molecule has 7 nitrogen and oxygen atoms in total.